The second kappa shape index (κ2) is 6.77. The van der Waals surface area contributed by atoms with Crippen molar-refractivity contribution in [2.24, 2.45) is 0 Å². The monoisotopic (exact) mass is 301 g/mol. The lowest BCUT2D eigenvalue weighted by Crippen LogP contribution is -2.32. The van der Waals surface area contributed by atoms with Gasteiger partial charge in [0.2, 0.25) is 0 Å². The third-order valence-electron chi connectivity index (χ3n) is 4.04. The van der Waals surface area contributed by atoms with Crippen LogP contribution in [-0.2, 0) is 9.59 Å². The predicted molar refractivity (Wildman–Crippen MR) is 85.5 cm³/mol. The van der Waals surface area contributed by atoms with Crippen molar-refractivity contribution in [3.63, 3.8) is 0 Å². The third kappa shape index (κ3) is 2.91. The molecule has 0 aromatic heterocycles. The first-order valence-electron chi connectivity index (χ1n) is 7.85. The molecule has 2 rings (SSSR count). The van der Waals surface area contributed by atoms with Crippen LogP contribution >= 0.6 is 0 Å². The molecular weight excluding hydrogens is 278 g/mol. The summed E-state index contributed by atoms with van der Waals surface area (Å²) in [4.78, 5) is 26.3. The van der Waals surface area contributed by atoms with Crippen molar-refractivity contribution in [2.75, 3.05) is 6.54 Å². The maximum atomic E-state index is 12.4. The molecule has 118 valence electrons. The van der Waals surface area contributed by atoms with Gasteiger partial charge in [-0.3, -0.25) is 9.59 Å². The minimum Gasteiger partial charge on any atom is -0.503 e. The van der Waals surface area contributed by atoms with E-state index in [1.807, 2.05) is 38.1 Å². The molecule has 0 saturated heterocycles. The van der Waals surface area contributed by atoms with Gasteiger partial charge in [-0.15, -0.1) is 0 Å². The average molecular weight is 301 g/mol. The Bertz CT molecular complexity index is 619. The van der Waals surface area contributed by atoms with Gasteiger partial charge in [-0.05, 0) is 18.9 Å². The first kappa shape index (κ1) is 16.3. The van der Waals surface area contributed by atoms with Crippen LogP contribution in [0.4, 0.5) is 0 Å². The Morgan fingerprint density at radius 1 is 1.32 bits per heavy atom. The maximum Gasteiger partial charge on any atom is 0.290 e. The van der Waals surface area contributed by atoms with Gasteiger partial charge in [0.05, 0.1) is 11.6 Å². The molecule has 1 aliphatic rings. The summed E-state index contributed by atoms with van der Waals surface area (Å²) in [5.74, 6) is -0.984. The lowest BCUT2D eigenvalue weighted by Gasteiger charge is -2.27. The topological polar surface area (TPSA) is 57.6 Å². The lowest BCUT2D eigenvalue weighted by atomic mass is 9.94. The van der Waals surface area contributed by atoms with Gasteiger partial charge in [-0.1, -0.05) is 50.1 Å². The number of unbranched alkanes of at least 4 members (excludes halogenated alkanes) is 1. The first-order valence-corrected chi connectivity index (χ1v) is 7.85. The molecule has 1 amide bonds. The molecule has 1 heterocycles. The smallest absolute Gasteiger partial charge is 0.290 e. The second-order valence-corrected chi connectivity index (χ2v) is 5.71. The van der Waals surface area contributed by atoms with E-state index in [0.29, 0.717) is 6.54 Å². The number of carbonyl (C=O) groups excluding carboxylic acids is 2. The lowest BCUT2D eigenvalue weighted by molar-refractivity contribution is -0.129. The highest BCUT2D eigenvalue weighted by Crippen LogP contribution is 2.38. The number of carbonyl (C=O) groups is 2. The number of aliphatic hydroxyl groups excluding tert-OH is 1. The Morgan fingerprint density at radius 2 is 2.05 bits per heavy atom. The van der Waals surface area contributed by atoms with Crippen LogP contribution in [0.1, 0.15) is 50.3 Å². The summed E-state index contributed by atoms with van der Waals surface area (Å²) in [6.07, 6.45) is 2.06. The summed E-state index contributed by atoms with van der Waals surface area (Å²) in [7, 11) is 0. The van der Waals surface area contributed by atoms with E-state index in [0.717, 1.165) is 24.0 Å². The Morgan fingerprint density at radius 3 is 2.64 bits per heavy atom. The van der Waals surface area contributed by atoms with E-state index in [9.17, 15) is 14.7 Å². The van der Waals surface area contributed by atoms with Crippen molar-refractivity contribution < 1.29 is 14.7 Å². The Kier molecular flexibility index (Phi) is 5.01. The zero-order valence-electron chi connectivity index (χ0n) is 13.4. The Labute approximate surface area is 131 Å². The quantitative estimate of drug-likeness (QED) is 0.875. The highest BCUT2D eigenvalue weighted by molar-refractivity contribution is 6.08. The fraction of sp³-hybridized carbons (Fsp3) is 0.444. The molecule has 0 aliphatic carbocycles. The molecule has 22 heavy (non-hydrogen) atoms. The van der Waals surface area contributed by atoms with Crippen LogP contribution in [0, 0.1) is 6.92 Å². The van der Waals surface area contributed by atoms with Crippen LogP contribution in [-0.4, -0.2) is 28.2 Å². The molecule has 0 fully saturated rings. The van der Waals surface area contributed by atoms with E-state index >= 15 is 0 Å². The summed E-state index contributed by atoms with van der Waals surface area (Å²) in [5.41, 5.74) is 2.19. The minimum absolute atomic E-state index is 0.170. The van der Waals surface area contributed by atoms with Gasteiger partial charge in [-0.25, -0.2) is 0 Å². The molecule has 0 radical (unpaired) electrons. The number of nitrogens with zero attached hydrogens (tertiary/aromatic N) is 1. The van der Waals surface area contributed by atoms with Crippen molar-refractivity contribution in [2.45, 2.75) is 46.1 Å². The highest BCUT2D eigenvalue weighted by atomic mass is 16.3. The molecule has 0 saturated carbocycles. The molecular formula is C18H23NO3. The zero-order valence-corrected chi connectivity index (χ0v) is 13.4. The molecule has 0 spiro atoms. The van der Waals surface area contributed by atoms with Gasteiger partial charge >= 0.3 is 0 Å². The summed E-state index contributed by atoms with van der Waals surface area (Å²) in [6.45, 7) is 6.31. The van der Waals surface area contributed by atoms with E-state index in [4.69, 9.17) is 0 Å². The summed E-state index contributed by atoms with van der Waals surface area (Å²) in [5, 5.41) is 10.2. The van der Waals surface area contributed by atoms with Crippen LogP contribution in [0.3, 0.4) is 0 Å². The SMILES string of the molecule is CCCCN1C(=O)C(O)=C(C(=O)CC)C1c1cccc(C)c1. The van der Waals surface area contributed by atoms with E-state index in [-0.39, 0.29) is 23.5 Å². The Hall–Kier alpha value is -2.10. The molecule has 4 heteroatoms. The first-order chi connectivity index (χ1) is 10.5. The zero-order chi connectivity index (χ0) is 16.3. The second-order valence-electron chi connectivity index (χ2n) is 5.71. The summed E-state index contributed by atoms with van der Waals surface area (Å²) in [6, 6.07) is 7.30. The van der Waals surface area contributed by atoms with E-state index in [1.54, 1.807) is 11.8 Å². The molecule has 1 atom stereocenters. The van der Waals surface area contributed by atoms with Gasteiger partial charge in [0.1, 0.15) is 0 Å². The maximum absolute atomic E-state index is 12.4. The average Bonchev–Trinajstić information content (AvgIpc) is 2.76. The van der Waals surface area contributed by atoms with Crippen LogP contribution in [0.15, 0.2) is 35.6 Å². The van der Waals surface area contributed by atoms with Crippen LogP contribution < -0.4 is 0 Å². The van der Waals surface area contributed by atoms with Gasteiger partial charge in [0.15, 0.2) is 11.5 Å². The molecule has 0 bridgehead atoms. The number of benzene rings is 1. The number of hydrogen-bond acceptors (Lipinski definition) is 3. The van der Waals surface area contributed by atoms with Crippen molar-refractivity contribution in [1.82, 2.24) is 4.90 Å². The van der Waals surface area contributed by atoms with Crippen LogP contribution in [0.25, 0.3) is 0 Å². The van der Waals surface area contributed by atoms with Crippen LogP contribution in [0.2, 0.25) is 0 Å². The summed E-state index contributed by atoms with van der Waals surface area (Å²) < 4.78 is 0. The molecule has 1 aromatic carbocycles. The van der Waals surface area contributed by atoms with Crippen molar-refractivity contribution in [3.8, 4) is 0 Å². The largest absolute Gasteiger partial charge is 0.503 e. The van der Waals surface area contributed by atoms with Gasteiger partial charge in [0.25, 0.3) is 5.91 Å². The highest BCUT2D eigenvalue weighted by Gasteiger charge is 2.42. The van der Waals surface area contributed by atoms with Crippen molar-refractivity contribution >= 4 is 11.7 Å². The minimum atomic E-state index is -0.466. The van der Waals surface area contributed by atoms with Gasteiger partial charge < -0.3 is 10.0 Å². The van der Waals surface area contributed by atoms with Crippen molar-refractivity contribution in [3.05, 3.63) is 46.7 Å². The number of hydrogen-bond donors (Lipinski definition) is 1. The fourth-order valence-corrected chi connectivity index (χ4v) is 2.87. The Balaban J connectivity index is 2.50. The third-order valence-corrected chi connectivity index (χ3v) is 4.04. The molecule has 4 nitrogen and oxygen atoms in total. The van der Waals surface area contributed by atoms with Crippen molar-refractivity contribution in [1.29, 1.82) is 0 Å². The number of aryl methyl sites for hydroxylation is 1. The standard InChI is InChI=1S/C18H23NO3/c1-4-6-10-19-16(13-9-7-8-12(3)11-13)15(14(20)5-2)17(21)18(19)22/h7-9,11,16,21H,4-6,10H2,1-3H3. The van der Waals surface area contributed by atoms with Crippen LogP contribution in [0.5, 0.6) is 0 Å². The summed E-state index contributed by atoms with van der Waals surface area (Å²) >= 11 is 0. The normalized spacial score (nSPS) is 18.2. The number of aliphatic hydroxyl groups is 1. The fourth-order valence-electron chi connectivity index (χ4n) is 2.87. The van der Waals surface area contributed by atoms with E-state index in [2.05, 4.69) is 0 Å². The molecule has 1 unspecified atom stereocenters. The van der Waals surface area contributed by atoms with Gasteiger partial charge in [0, 0.05) is 13.0 Å². The molecule has 1 N–H and O–H groups in total. The number of Topliss-reactive ketones (excluding diaryl/α,β-unsaturated/α-hetero) is 1. The molecule has 1 aliphatic heterocycles. The number of amides is 1. The van der Waals surface area contributed by atoms with E-state index in [1.165, 1.54) is 0 Å². The predicted octanol–water partition coefficient (Wildman–Crippen LogP) is 3.47. The van der Waals surface area contributed by atoms with Gasteiger partial charge in [-0.2, -0.15) is 0 Å². The number of rotatable bonds is 6. The van der Waals surface area contributed by atoms with E-state index < -0.39 is 11.9 Å². The molecule has 1 aromatic rings. The number of ketones is 1.